The Morgan fingerprint density at radius 1 is 1.08 bits per heavy atom. The van der Waals surface area contributed by atoms with Crippen molar-refractivity contribution in [3.63, 3.8) is 0 Å². The minimum atomic E-state index is -4.31. The molecule has 1 saturated heterocycles. The van der Waals surface area contributed by atoms with Crippen LogP contribution in [0.3, 0.4) is 0 Å². The van der Waals surface area contributed by atoms with E-state index in [1.807, 2.05) is 12.1 Å². The maximum Gasteiger partial charge on any atom is 0.416 e. The second-order valence-corrected chi connectivity index (χ2v) is 10.7. The molecule has 1 aliphatic carbocycles. The molecule has 1 amide bonds. The highest BCUT2D eigenvalue weighted by Crippen LogP contribution is 2.36. The molecule has 2 aromatic carbocycles. The zero-order valence-electron chi connectivity index (χ0n) is 22.1. The average Bonchev–Trinajstić information content (AvgIpc) is 3.42. The summed E-state index contributed by atoms with van der Waals surface area (Å²) in [5.41, 5.74) is 1.61. The van der Waals surface area contributed by atoms with Gasteiger partial charge in [0.1, 0.15) is 0 Å². The first kappa shape index (κ1) is 27.1. The molecule has 2 aliphatic rings. The topological polar surface area (TPSA) is 70.4 Å². The van der Waals surface area contributed by atoms with Crippen LogP contribution in [0.4, 0.5) is 24.9 Å². The summed E-state index contributed by atoms with van der Waals surface area (Å²) in [5, 5.41) is 6.18. The Balaban J connectivity index is 1.22. The largest absolute Gasteiger partial charge is 0.424 e. The predicted octanol–water partition coefficient (Wildman–Crippen LogP) is 7.00. The Bertz CT molecular complexity index is 1260. The van der Waals surface area contributed by atoms with Gasteiger partial charge in [0.05, 0.1) is 11.8 Å². The van der Waals surface area contributed by atoms with Gasteiger partial charge in [-0.1, -0.05) is 25.0 Å². The molecule has 9 heteroatoms. The summed E-state index contributed by atoms with van der Waals surface area (Å²) >= 11 is 0. The van der Waals surface area contributed by atoms with E-state index in [-0.39, 0.29) is 11.9 Å². The second-order valence-electron chi connectivity index (χ2n) is 10.7. The molecule has 0 bridgehead atoms. The Morgan fingerprint density at radius 2 is 1.87 bits per heavy atom. The van der Waals surface area contributed by atoms with Gasteiger partial charge in [0.15, 0.2) is 5.76 Å². The van der Waals surface area contributed by atoms with E-state index in [4.69, 9.17) is 4.42 Å². The van der Waals surface area contributed by atoms with E-state index >= 15 is 0 Å². The lowest BCUT2D eigenvalue weighted by Crippen LogP contribution is -2.39. The summed E-state index contributed by atoms with van der Waals surface area (Å²) < 4.78 is 45.0. The van der Waals surface area contributed by atoms with Crippen molar-refractivity contribution in [2.45, 2.75) is 57.2 Å². The number of hydrogen-bond donors (Lipinski definition) is 2. The van der Waals surface area contributed by atoms with Crippen LogP contribution in [0, 0.1) is 11.8 Å². The average molecular weight is 541 g/mol. The van der Waals surface area contributed by atoms with Crippen molar-refractivity contribution in [2.24, 2.45) is 11.8 Å². The molecule has 208 valence electrons. The number of piperidine rings is 1. The number of alkyl halides is 3. The highest BCUT2D eigenvalue weighted by Gasteiger charge is 2.32. The number of halogens is 3. The summed E-state index contributed by atoms with van der Waals surface area (Å²) in [6.07, 6.45) is 5.13. The van der Waals surface area contributed by atoms with Gasteiger partial charge in [0.25, 0.3) is 11.9 Å². The molecule has 3 aromatic rings. The van der Waals surface area contributed by atoms with Crippen molar-refractivity contribution in [3.05, 3.63) is 65.9 Å². The molecule has 2 heterocycles. The summed E-state index contributed by atoms with van der Waals surface area (Å²) in [7, 11) is 1.60. The SMILES string of the molecule is CNC(=O)c1cccc(-c2cnc(N[C@@H]3CCCC[C@H]3C[C@H]3CCCN(c4ccc(C(F)(F)F)cc4)C3)o2)c1. The van der Waals surface area contributed by atoms with Gasteiger partial charge in [-0.05, 0) is 80.3 Å². The number of nitrogens with zero attached hydrogens (tertiary/aromatic N) is 2. The Hall–Kier alpha value is -3.49. The summed E-state index contributed by atoms with van der Waals surface area (Å²) in [5.74, 6) is 1.42. The van der Waals surface area contributed by atoms with E-state index in [9.17, 15) is 18.0 Å². The maximum atomic E-state index is 13.0. The molecule has 1 aromatic heterocycles. The van der Waals surface area contributed by atoms with Crippen LogP contribution in [-0.4, -0.2) is 37.1 Å². The minimum Gasteiger partial charge on any atom is -0.424 e. The summed E-state index contributed by atoms with van der Waals surface area (Å²) in [4.78, 5) is 18.7. The first-order valence-electron chi connectivity index (χ1n) is 13.8. The van der Waals surface area contributed by atoms with Crippen LogP contribution in [0.2, 0.25) is 0 Å². The fourth-order valence-corrected chi connectivity index (χ4v) is 6.05. The molecule has 2 fully saturated rings. The number of benzene rings is 2. The van der Waals surface area contributed by atoms with Gasteiger partial charge in [-0.2, -0.15) is 13.2 Å². The Labute approximate surface area is 227 Å². The molecule has 2 N–H and O–H groups in total. The lowest BCUT2D eigenvalue weighted by atomic mass is 9.77. The van der Waals surface area contributed by atoms with Gasteiger partial charge in [-0.15, -0.1) is 0 Å². The number of hydrogen-bond acceptors (Lipinski definition) is 5. The van der Waals surface area contributed by atoms with Crippen LogP contribution in [0.1, 0.15) is 60.9 Å². The van der Waals surface area contributed by atoms with Crippen LogP contribution in [0.25, 0.3) is 11.3 Å². The van der Waals surface area contributed by atoms with Crippen molar-refractivity contribution >= 4 is 17.6 Å². The van der Waals surface area contributed by atoms with E-state index in [1.165, 1.54) is 18.6 Å². The number of carbonyl (C=O) groups excluding carboxylic acids is 1. The van der Waals surface area contributed by atoms with Gasteiger partial charge in [-0.25, -0.2) is 4.98 Å². The molecule has 0 radical (unpaired) electrons. The van der Waals surface area contributed by atoms with Gasteiger partial charge in [-0.3, -0.25) is 4.79 Å². The van der Waals surface area contributed by atoms with Crippen molar-refractivity contribution in [2.75, 3.05) is 30.4 Å². The van der Waals surface area contributed by atoms with Gasteiger partial charge < -0.3 is 20.0 Å². The molecular formula is C30H35F3N4O2. The first-order chi connectivity index (χ1) is 18.8. The highest BCUT2D eigenvalue weighted by molar-refractivity contribution is 5.95. The van der Waals surface area contributed by atoms with Crippen LogP contribution < -0.4 is 15.5 Å². The zero-order chi connectivity index (χ0) is 27.4. The van der Waals surface area contributed by atoms with Crippen LogP contribution in [0.5, 0.6) is 0 Å². The molecule has 0 spiro atoms. The molecule has 3 atom stereocenters. The Morgan fingerprint density at radius 3 is 2.64 bits per heavy atom. The number of amides is 1. The zero-order valence-corrected chi connectivity index (χ0v) is 22.1. The molecular weight excluding hydrogens is 505 g/mol. The maximum absolute atomic E-state index is 13.0. The molecule has 5 rings (SSSR count). The molecule has 6 nitrogen and oxygen atoms in total. The predicted molar refractivity (Wildman–Crippen MR) is 146 cm³/mol. The van der Waals surface area contributed by atoms with Crippen LogP contribution in [0.15, 0.2) is 59.1 Å². The van der Waals surface area contributed by atoms with Crippen molar-refractivity contribution in [3.8, 4) is 11.3 Å². The monoisotopic (exact) mass is 540 g/mol. The van der Waals surface area contributed by atoms with E-state index in [2.05, 4.69) is 20.5 Å². The third-order valence-electron chi connectivity index (χ3n) is 8.07. The van der Waals surface area contributed by atoms with Crippen LogP contribution in [-0.2, 0) is 6.18 Å². The summed E-state index contributed by atoms with van der Waals surface area (Å²) in [6.45, 7) is 1.73. The van der Waals surface area contributed by atoms with E-state index in [0.29, 0.717) is 29.2 Å². The quantitative estimate of drug-likeness (QED) is 0.338. The molecule has 0 unspecified atom stereocenters. The molecule has 1 aliphatic heterocycles. The van der Waals surface area contributed by atoms with E-state index in [1.54, 1.807) is 37.5 Å². The number of carbonyl (C=O) groups is 1. The van der Waals surface area contributed by atoms with Gasteiger partial charge >= 0.3 is 6.18 Å². The van der Waals surface area contributed by atoms with E-state index < -0.39 is 11.7 Å². The summed E-state index contributed by atoms with van der Waals surface area (Å²) in [6, 6.07) is 13.6. The fourth-order valence-electron chi connectivity index (χ4n) is 6.05. The number of nitrogens with one attached hydrogen (secondary N) is 2. The normalized spacial score (nSPS) is 21.9. The van der Waals surface area contributed by atoms with Gasteiger partial charge in [0.2, 0.25) is 0 Å². The molecule has 1 saturated carbocycles. The Kier molecular flexibility index (Phi) is 8.14. The standard InChI is InChI=1S/C30H35F3N4O2/c1-34-28(38)23-9-4-8-22(17-23)27-18-35-29(39-27)36-26-10-3-2-7-21(26)16-20-6-5-15-37(19-20)25-13-11-24(12-14-25)30(31,32)33/h4,8-9,11-14,17-18,20-21,26H,2-3,5-7,10,15-16,19H2,1H3,(H,34,38)(H,35,36)/t20-,21+,26-/m1/s1. The number of rotatable bonds is 7. The highest BCUT2D eigenvalue weighted by atomic mass is 19.4. The lowest BCUT2D eigenvalue weighted by Gasteiger charge is -2.39. The van der Waals surface area contributed by atoms with Gasteiger partial charge in [0, 0.05) is 43.0 Å². The van der Waals surface area contributed by atoms with Crippen molar-refractivity contribution in [1.82, 2.24) is 10.3 Å². The third kappa shape index (κ3) is 6.57. The minimum absolute atomic E-state index is 0.153. The van der Waals surface area contributed by atoms with Crippen molar-refractivity contribution < 1.29 is 22.4 Å². The lowest BCUT2D eigenvalue weighted by molar-refractivity contribution is -0.137. The molecule has 39 heavy (non-hydrogen) atoms. The number of aromatic nitrogens is 1. The van der Waals surface area contributed by atoms with E-state index in [0.717, 1.165) is 62.9 Å². The fraction of sp³-hybridized carbons (Fsp3) is 0.467. The second kappa shape index (κ2) is 11.7. The third-order valence-corrected chi connectivity index (χ3v) is 8.07. The first-order valence-corrected chi connectivity index (χ1v) is 13.8. The number of anilines is 2. The van der Waals surface area contributed by atoms with Crippen molar-refractivity contribution in [1.29, 1.82) is 0 Å². The number of oxazole rings is 1. The smallest absolute Gasteiger partial charge is 0.416 e. The van der Waals surface area contributed by atoms with Crippen LogP contribution >= 0.6 is 0 Å².